The van der Waals surface area contributed by atoms with Gasteiger partial charge in [0.1, 0.15) is 5.65 Å². The summed E-state index contributed by atoms with van der Waals surface area (Å²) in [4.78, 5) is 7.19. The maximum absolute atomic E-state index is 6.00. The molecule has 0 radical (unpaired) electrons. The van der Waals surface area contributed by atoms with Gasteiger partial charge in [-0.25, -0.2) is 4.98 Å². The molecule has 108 valence electrons. The quantitative estimate of drug-likeness (QED) is 0.932. The van der Waals surface area contributed by atoms with Crippen molar-refractivity contribution in [3.8, 4) is 0 Å². The van der Waals surface area contributed by atoms with Gasteiger partial charge in [-0.3, -0.25) is 4.90 Å². The first-order valence-corrected chi connectivity index (χ1v) is 7.54. The number of piperidine rings is 1. The van der Waals surface area contributed by atoms with Crippen LogP contribution in [0.5, 0.6) is 0 Å². The Kier molecular flexibility index (Phi) is 3.76. The second-order valence-corrected chi connectivity index (χ2v) is 6.18. The lowest BCUT2D eigenvalue weighted by Gasteiger charge is -2.33. The summed E-state index contributed by atoms with van der Waals surface area (Å²) < 4.78 is 2.12. The van der Waals surface area contributed by atoms with Crippen molar-refractivity contribution in [1.82, 2.24) is 14.3 Å². The van der Waals surface area contributed by atoms with Crippen molar-refractivity contribution >= 4 is 5.65 Å². The maximum Gasteiger partial charge on any atom is 0.137 e. The first kappa shape index (κ1) is 13.6. The number of nitrogens with zero attached hydrogens (tertiary/aromatic N) is 3. The van der Waals surface area contributed by atoms with Crippen LogP contribution >= 0.6 is 0 Å². The second-order valence-electron chi connectivity index (χ2n) is 6.18. The molecule has 1 saturated heterocycles. The fraction of sp³-hybridized carbons (Fsp3) is 0.562. The highest BCUT2D eigenvalue weighted by Gasteiger charge is 2.22. The van der Waals surface area contributed by atoms with E-state index in [1.165, 1.54) is 18.4 Å². The van der Waals surface area contributed by atoms with E-state index in [1.807, 2.05) is 0 Å². The van der Waals surface area contributed by atoms with Crippen LogP contribution in [0.3, 0.4) is 0 Å². The van der Waals surface area contributed by atoms with Crippen LogP contribution in [0.15, 0.2) is 24.5 Å². The number of aryl methyl sites for hydroxylation is 1. The number of nitrogens with two attached hydrogens (primary N) is 1. The van der Waals surface area contributed by atoms with Gasteiger partial charge in [0.15, 0.2) is 0 Å². The highest BCUT2D eigenvalue weighted by Crippen LogP contribution is 2.21. The lowest BCUT2D eigenvalue weighted by molar-refractivity contribution is 0.164. The van der Waals surface area contributed by atoms with Gasteiger partial charge in [-0.05, 0) is 57.3 Å². The third kappa shape index (κ3) is 2.86. The number of hydrogen-bond donors (Lipinski definition) is 1. The molecule has 0 spiro atoms. The van der Waals surface area contributed by atoms with Crippen molar-refractivity contribution in [1.29, 1.82) is 0 Å². The van der Waals surface area contributed by atoms with Crippen molar-refractivity contribution in [3.63, 3.8) is 0 Å². The highest BCUT2D eigenvalue weighted by atomic mass is 15.1. The predicted molar refractivity (Wildman–Crippen MR) is 81.6 cm³/mol. The number of fused-ring (bicyclic) bond motifs is 1. The SMILES string of the molecule is Cc1ccc2nc(CN3CCC(C(C)N)CC3)cn2c1. The lowest BCUT2D eigenvalue weighted by atomic mass is 9.91. The molecule has 1 aliphatic rings. The molecule has 0 saturated carbocycles. The van der Waals surface area contributed by atoms with Crippen LogP contribution in [0.2, 0.25) is 0 Å². The lowest BCUT2D eigenvalue weighted by Crippen LogP contribution is -2.39. The Hall–Kier alpha value is -1.39. The van der Waals surface area contributed by atoms with Crippen LogP contribution in [-0.2, 0) is 6.54 Å². The van der Waals surface area contributed by atoms with Gasteiger partial charge in [0, 0.05) is 25.0 Å². The standard InChI is InChI=1S/C16H24N4/c1-12-3-4-16-18-15(11-20(16)9-12)10-19-7-5-14(6-8-19)13(2)17/h3-4,9,11,13-14H,5-8,10,17H2,1-2H3. The van der Waals surface area contributed by atoms with Crippen molar-refractivity contribution in [2.45, 2.75) is 39.3 Å². The molecule has 0 bridgehead atoms. The zero-order chi connectivity index (χ0) is 14.1. The van der Waals surface area contributed by atoms with Gasteiger partial charge in [-0.15, -0.1) is 0 Å². The predicted octanol–water partition coefficient (Wildman–Crippen LogP) is 2.20. The van der Waals surface area contributed by atoms with E-state index in [4.69, 9.17) is 10.7 Å². The van der Waals surface area contributed by atoms with Gasteiger partial charge in [-0.2, -0.15) is 0 Å². The van der Waals surface area contributed by atoms with Crippen LogP contribution in [-0.4, -0.2) is 33.4 Å². The zero-order valence-corrected chi connectivity index (χ0v) is 12.4. The molecule has 2 N–H and O–H groups in total. The van der Waals surface area contributed by atoms with E-state index in [1.54, 1.807) is 0 Å². The fourth-order valence-electron chi connectivity index (χ4n) is 3.10. The van der Waals surface area contributed by atoms with Crippen LogP contribution in [0.1, 0.15) is 31.0 Å². The Bertz CT molecular complexity index is 579. The number of likely N-dealkylation sites (tertiary alicyclic amines) is 1. The molecule has 1 unspecified atom stereocenters. The summed E-state index contributed by atoms with van der Waals surface area (Å²) in [6.07, 6.45) is 6.71. The average Bonchev–Trinajstić information content (AvgIpc) is 2.80. The van der Waals surface area contributed by atoms with E-state index in [0.717, 1.165) is 31.0 Å². The second kappa shape index (κ2) is 5.54. The summed E-state index contributed by atoms with van der Waals surface area (Å²) in [5.74, 6) is 0.690. The Balaban J connectivity index is 1.65. The number of imidazole rings is 1. The third-order valence-electron chi connectivity index (χ3n) is 4.41. The van der Waals surface area contributed by atoms with Gasteiger partial charge in [0.05, 0.1) is 5.69 Å². The molecular formula is C16H24N4. The molecule has 4 nitrogen and oxygen atoms in total. The summed E-state index contributed by atoms with van der Waals surface area (Å²) >= 11 is 0. The molecule has 4 heteroatoms. The van der Waals surface area contributed by atoms with Crippen LogP contribution < -0.4 is 5.73 Å². The molecule has 2 aromatic heterocycles. The fourth-order valence-corrected chi connectivity index (χ4v) is 3.10. The smallest absolute Gasteiger partial charge is 0.137 e. The van der Waals surface area contributed by atoms with Gasteiger partial charge < -0.3 is 10.1 Å². The maximum atomic E-state index is 6.00. The molecule has 1 atom stereocenters. The molecule has 2 aromatic rings. The van der Waals surface area contributed by atoms with Crippen molar-refractivity contribution in [2.75, 3.05) is 13.1 Å². The van der Waals surface area contributed by atoms with E-state index in [0.29, 0.717) is 12.0 Å². The molecule has 3 rings (SSSR count). The molecule has 0 aliphatic carbocycles. The molecule has 0 aromatic carbocycles. The van der Waals surface area contributed by atoms with Crippen LogP contribution in [0.25, 0.3) is 5.65 Å². The minimum absolute atomic E-state index is 0.329. The normalized spacial score (nSPS) is 19.6. The van der Waals surface area contributed by atoms with Gasteiger partial charge in [0.25, 0.3) is 0 Å². The van der Waals surface area contributed by atoms with E-state index >= 15 is 0 Å². The van der Waals surface area contributed by atoms with Crippen LogP contribution in [0, 0.1) is 12.8 Å². The molecule has 20 heavy (non-hydrogen) atoms. The van der Waals surface area contributed by atoms with Crippen LogP contribution in [0.4, 0.5) is 0 Å². The van der Waals surface area contributed by atoms with E-state index in [2.05, 4.69) is 47.7 Å². The summed E-state index contributed by atoms with van der Waals surface area (Å²) in [6.45, 7) is 7.47. The van der Waals surface area contributed by atoms with E-state index < -0.39 is 0 Å². The van der Waals surface area contributed by atoms with Gasteiger partial charge in [-0.1, -0.05) is 6.07 Å². The average molecular weight is 272 g/mol. The molecule has 3 heterocycles. The topological polar surface area (TPSA) is 46.6 Å². The zero-order valence-electron chi connectivity index (χ0n) is 12.4. The largest absolute Gasteiger partial charge is 0.328 e. The number of hydrogen-bond acceptors (Lipinski definition) is 3. The van der Waals surface area contributed by atoms with Crippen molar-refractivity contribution < 1.29 is 0 Å². The highest BCUT2D eigenvalue weighted by molar-refractivity contribution is 5.41. The minimum Gasteiger partial charge on any atom is -0.328 e. The Morgan fingerprint density at radius 3 is 2.75 bits per heavy atom. The summed E-state index contributed by atoms with van der Waals surface area (Å²) in [7, 11) is 0. The van der Waals surface area contributed by atoms with E-state index in [9.17, 15) is 0 Å². The molecular weight excluding hydrogens is 248 g/mol. The number of pyridine rings is 1. The van der Waals surface area contributed by atoms with Gasteiger partial charge in [0.2, 0.25) is 0 Å². The molecule has 1 aliphatic heterocycles. The molecule has 1 fully saturated rings. The number of rotatable bonds is 3. The van der Waals surface area contributed by atoms with E-state index in [-0.39, 0.29) is 0 Å². The van der Waals surface area contributed by atoms with Crippen molar-refractivity contribution in [2.24, 2.45) is 11.7 Å². The first-order valence-electron chi connectivity index (χ1n) is 7.54. The summed E-state index contributed by atoms with van der Waals surface area (Å²) in [5.41, 5.74) is 9.46. The summed E-state index contributed by atoms with van der Waals surface area (Å²) in [6, 6.07) is 4.52. The van der Waals surface area contributed by atoms with Gasteiger partial charge >= 0.3 is 0 Å². The minimum atomic E-state index is 0.329. The summed E-state index contributed by atoms with van der Waals surface area (Å²) in [5, 5.41) is 0. The molecule has 0 amide bonds. The third-order valence-corrected chi connectivity index (χ3v) is 4.41. The first-order chi connectivity index (χ1) is 9.61. The Labute approximate surface area is 120 Å². The Morgan fingerprint density at radius 2 is 2.05 bits per heavy atom. The monoisotopic (exact) mass is 272 g/mol. The number of aromatic nitrogens is 2. The van der Waals surface area contributed by atoms with Crippen molar-refractivity contribution in [3.05, 3.63) is 35.8 Å². The Morgan fingerprint density at radius 1 is 1.30 bits per heavy atom.